The lowest BCUT2D eigenvalue weighted by Crippen LogP contribution is -2.28. The number of rotatable bonds is 1. The third kappa shape index (κ3) is 1.48. The zero-order valence-corrected chi connectivity index (χ0v) is 8.40. The van der Waals surface area contributed by atoms with E-state index in [2.05, 4.69) is 4.74 Å². The number of hydrogen-bond donors (Lipinski definition) is 0. The second-order valence-electron chi connectivity index (χ2n) is 3.33. The van der Waals surface area contributed by atoms with E-state index in [1.807, 2.05) is 6.07 Å². The van der Waals surface area contributed by atoms with Gasteiger partial charge in [0, 0.05) is 12.1 Å². The van der Waals surface area contributed by atoms with Crippen LogP contribution in [0.25, 0.3) is 0 Å². The number of fused-ring (bicyclic) bond motifs is 1. The van der Waals surface area contributed by atoms with Crippen molar-refractivity contribution in [2.45, 2.75) is 6.42 Å². The molecule has 1 aromatic carbocycles. The van der Waals surface area contributed by atoms with E-state index in [1.165, 1.54) is 7.11 Å². The molecule has 4 nitrogen and oxygen atoms in total. The smallest absolute Gasteiger partial charge is 0.414 e. The minimum atomic E-state index is -0.378. The Balaban J connectivity index is 2.43. The largest absolute Gasteiger partial charge is 0.452 e. The van der Waals surface area contributed by atoms with Crippen molar-refractivity contribution in [1.82, 2.24) is 0 Å². The maximum absolute atomic E-state index is 11.4. The molecule has 1 aromatic rings. The van der Waals surface area contributed by atoms with Crippen LogP contribution in [0.2, 0.25) is 0 Å². The number of nitrogens with zero attached hydrogens (tertiary/aromatic N) is 1. The highest BCUT2D eigenvalue weighted by molar-refractivity contribution is 5.93. The Kier molecular flexibility index (Phi) is 2.41. The van der Waals surface area contributed by atoms with Crippen molar-refractivity contribution in [2.75, 3.05) is 18.6 Å². The second kappa shape index (κ2) is 3.73. The van der Waals surface area contributed by atoms with Crippen molar-refractivity contribution < 1.29 is 14.3 Å². The Hall–Kier alpha value is -1.84. The minimum absolute atomic E-state index is 0.378. The summed E-state index contributed by atoms with van der Waals surface area (Å²) >= 11 is 0. The Labute approximate surface area is 87.4 Å². The molecule has 0 saturated carbocycles. The van der Waals surface area contributed by atoms with Gasteiger partial charge in [0.05, 0.1) is 12.8 Å². The van der Waals surface area contributed by atoms with Crippen LogP contribution < -0.4 is 4.90 Å². The molecule has 1 aliphatic rings. The average molecular weight is 205 g/mol. The van der Waals surface area contributed by atoms with Crippen LogP contribution >= 0.6 is 0 Å². The van der Waals surface area contributed by atoms with E-state index in [4.69, 9.17) is 0 Å². The predicted octanol–water partition coefficient (Wildman–Crippen LogP) is 1.63. The van der Waals surface area contributed by atoms with Gasteiger partial charge in [-0.2, -0.15) is 0 Å². The number of carbonyl (C=O) groups excluding carboxylic acids is 2. The fourth-order valence-corrected chi connectivity index (χ4v) is 1.87. The molecule has 0 saturated heterocycles. The van der Waals surface area contributed by atoms with Crippen molar-refractivity contribution in [3.05, 3.63) is 29.3 Å². The summed E-state index contributed by atoms with van der Waals surface area (Å²) in [6.07, 6.45) is 1.15. The number of benzene rings is 1. The van der Waals surface area contributed by atoms with Crippen LogP contribution in [0.1, 0.15) is 15.9 Å². The Morgan fingerprint density at radius 1 is 1.53 bits per heavy atom. The number of aldehydes is 1. The van der Waals surface area contributed by atoms with Crippen LogP contribution in [0.4, 0.5) is 10.5 Å². The van der Waals surface area contributed by atoms with Crippen molar-refractivity contribution in [2.24, 2.45) is 0 Å². The molecule has 0 spiro atoms. The topological polar surface area (TPSA) is 46.6 Å². The highest BCUT2D eigenvalue weighted by Gasteiger charge is 2.26. The third-order valence-corrected chi connectivity index (χ3v) is 2.59. The van der Waals surface area contributed by atoms with Gasteiger partial charge in [0.1, 0.15) is 6.29 Å². The molecule has 2 rings (SSSR count). The highest BCUT2D eigenvalue weighted by Crippen LogP contribution is 2.30. The standard InChI is InChI=1S/C11H11NO3/c1-15-11(14)12-6-5-9-8(7-13)3-2-4-10(9)12/h2-4,7H,5-6H2,1H3. The molecule has 0 N–H and O–H groups in total. The van der Waals surface area contributed by atoms with Crippen LogP contribution in [0, 0.1) is 0 Å². The molecule has 4 heteroatoms. The predicted molar refractivity (Wildman–Crippen MR) is 55.3 cm³/mol. The third-order valence-electron chi connectivity index (χ3n) is 2.59. The first-order valence-corrected chi connectivity index (χ1v) is 4.70. The number of hydrogen-bond acceptors (Lipinski definition) is 3. The monoisotopic (exact) mass is 205 g/mol. The zero-order chi connectivity index (χ0) is 10.8. The van der Waals surface area contributed by atoms with Gasteiger partial charge in [-0.3, -0.25) is 9.69 Å². The van der Waals surface area contributed by atoms with E-state index in [0.717, 1.165) is 17.5 Å². The van der Waals surface area contributed by atoms with Gasteiger partial charge >= 0.3 is 6.09 Å². The van der Waals surface area contributed by atoms with Gasteiger partial charge in [-0.15, -0.1) is 0 Å². The molecule has 1 heterocycles. The lowest BCUT2D eigenvalue weighted by Gasteiger charge is -2.15. The first kappa shape index (κ1) is 9.71. The quantitative estimate of drug-likeness (QED) is 0.654. The summed E-state index contributed by atoms with van der Waals surface area (Å²) in [5, 5.41) is 0. The van der Waals surface area contributed by atoms with E-state index in [0.29, 0.717) is 18.5 Å². The number of amides is 1. The molecule has 0 atom stereocenters. The van der Waals surface area contributed by atoms with Crippen LogP contribution in [0.15, 0.2) is 18.2 Å². The van der Waals surface area contributed by atoms with E-state index in [-0.39, 0.29) is 6.09 Å². The molecule has 15 heavy (non-hydrogen) atoms. The molecule has 0 aliphatic carbocycles. The normalized spacial score (nSPS) is 13.5. The molecule has 0 bridgehead atoms. The number of anilines is 1. The Morgan fingerprint density at radius 3 is 3.00 bits per heavy atom. The Bertz CT molecular complexity index is 414. The lowest BCUT2D eigenvalue weighted by molar-refractivity contribution is 0.112. The molecule has 0 unspecified atom stereocenters. The van der Waals surface area contributed by atoms with Crippen molar-refractivity contribution in [3.63, 3.8) is 0 Å². The molecule has 0 fully saturated rings. The van der Waals surface area contributed by atoms with Gasteiger partial charge < -0.3 is 4.74 Å². The first-order chi connectivity index (χ1) is 7.27. The highest BCUT2D eigenvalue weighted by atomic mass is 16.5. The summed E-state index contributed by atoms with van der Waals surface area (Å²) in [7, 11) is 1.35. The van der Waals surface area contributed by atoms with E-state index < -0.39 is 0 Å². The van der Waals surface area contributed by atoms with Crippen LogP contribution in [-0.2, 0) is 11.2 Å². The van der Waals surface area contributed by atoms with Gasteiger partial charge in [0.2, 0.25) is 0 Å². The minimum Gasteiger partial charge on any atom is -0.452 e. The summed E-state index contributed by atoms with van der Waals surface area (Å²) in [4.78, 5) is 23.7. The summed E-state index contributed by atoms with van der Waals surface area (Å²) in [5.41, 5.74) is 2.36. The molecule has 1 aliphatic heterocycles. The van der Waals surface area contributed by atoms with Crippen molar-refractivity contribution in [3.8, 4) is 0 Å². The van der Waals surface area contributed by atoms with Crippen LogP contribution in [0.5, 0.6) is 0 Å². The van der Waals surface area contributed by atoms with Crippen LogP contribution in [-0.4, -0.2) is 26.0 Å². The van der Waals surface area contributed by atoms with E-state index in [1.54, 1.807) is 17.0 Å². The van der Waals surface area contributed by atoms with Gasteiger partial charge in [-0.25, -0.2) is 4.79 Å². The average Bonchev–Trinajstić information content (AvgIpc) is 2.71. The zero-order valence-electron chi connectivity index (χ0n) is 8.40. The summed E-state index contributed by atoms with van der Waals surface area (Å²) in [6, 6.07) is 5.35. The summed E-state index contributed by atoms with van der Waals surface area (Å²) < 4.78 is 4.66. The molecular weight excluding hydrogens is 194 g/mol. The fourth-order valence-electron chi connectivity index (χ4n) is 1.87. The lowest BCUT2D eigenvalue weighted by atomic mass is 10.1. The summed E-state index contributed by atoms with van der Waals surface area (Å²) in [5.74, 6) is 0. The first-order valence-electron chi connectivity index (χ1n) is 4.70. The maximum Gasteiger partial charge on any atom is 0.414 e. The van der Waals surface area contributed by atoms with Gasteiger partial charge in [-0.05, 0) is 18.1 Å². The molecule has 0 radical (unpaired) electrons. The van der Waals surface area contributed by atoms with Crippen LogP contribution in [0.3, 0.4) is 0 Å². The molecule has 0 aromatic heterocycles. The molecule has 78 valence electrons. The van der Waals surface area contributed by atoms with E-state index >= 15 is 0 Å². The van der Waals surface area contributed by atoms with Gasteiger partial charge in [0.25, 0.3) is 0 Å². The molecule has 1 amide bonds. The SMILES string of the molecule is COC(=O)N1CCc2c(C=O)cccc21. The maximum atomic E-state index is 11.4. The Morgan fingerprint density at radius 2 is 2.33 bits per heavy atom. The van der Waals surface area contributed by atoms with Gasteiger partial charge in [0.15, 0.2) is 0 Å². The summed E-state index contributed by atoms with van der Waals surface area (Å²) in [6.45, 7) is 0.576. The number of methoxy groups -OCH3 is 1. The second-order valence-corrected chi connectivity index (χ2v) is 3.33. The van der Waals surface area contributed by atoms with E-state index in [9.17, 15) is 9.59 Å². The number of ether oxygens (including phenoxy) is 1. The molecular formula is C11H11NO3. The van der Waals surface area contributed by atoms with Crippen molar-refractivity contribution >= 4 is 18.1 Å². The van der Waals surface area contributed by atoms with Crippen molar-refractivity contribution in [1.29, 1.82) is 0 Å². The fraction of sp³-hybridized carbons (Fsp3) is 0.273. The van der Waals surface area contributed by atoms with Gasteiger partial charge in [-0.1, -0.05) is 12.1 Å². The number of carbonyl (C=O) groups is 2.